The highest BCUT2D eigenvalue weighted by Gasteiger charge is 2.13. The maximum Gasteiger partial charge on any atom is 0.205 e. The summed E-state index contributed by atoms with van der Waals surface area (Å²) in [5, 5.41) is 0. The van der Waals surface area contributed by atoms with E-state index in [1.165, 1.54) is 17.0 Å². The average molecular weight is 207 g/mol. The lowest BCUT2D eigenvalue weighted by Gasteiger charge is -2.16. The monoisotopic (exact) mass is 207 g/mol. The maximum atomic E-state index is 2.43. The largest absolute Gasteiger partial charge is 0.248 e. The molecule has 0 atom stereocenters. The van der Waals surface area contributed by atoms with Gasteiger partial charge in [-0.25, -0.2) is 4.90 Å². The van der Waals surface area contributed by atoms with Gasteiger partial charge in [0.05, 0.1) is 0 Å². The SMILES string of the molecule is CCN(CC)C[n+]1c(C)cc(C)cc1C. The van der Waals surface area contributed by atoms with Crippen LogP contribution >= 0.6 is 0 Å². The van der Waals surface area contributed by atoms with Crippen molar-refractivity contribution in [1.29, 1.82) is 0 Å². The molecule has 0 bridgehead atoms. The van der Waals surface area contributed by atoms with E-state index in [0.717, 1.165) is 19.8 Å². The molecule has 1 aromatic heterocycles. The molecule has 15 heavy (non-hydrogen) atoms. The normalized spacial score (nSPS) is 11.1. The summed E-state index contributed by atoms with van der Waals surface area (Å²) in [5.41, 5.74) is 4.04. The summed E-state index contributed by atoms with van der Waals surface area (Å²) in [6.45, 7) is 14.2. The summed E-state index contributed by atoms with van der Waals surface area (Å²) in [4.78, 5) is 2.43. The molecule has 2 nitrogen and oxygen atoms in total. The molecule has 1 heterocycles. The zero-order valence-electron chi connectivity index (χ0n) is 10.7. The van der Waals surface area contributed by atoms with Crippen molar-refractivity contribution in [3.05, 3.63) is 29.1 Å². The van der Waals surface area contributed by atoms with E-state index in [4.69, 9.17) is 0 Å². The molecule has 2 heteroatoms. The van der Waals surface area contributed by atoms with E-state index in [2.05, 4.69) is 56.2 Å². The maximum absolute atomic E-state index is 2.43. The number of aryl methyl sites for hydroxylation is 3. The molecule has 0 saturated heterocycles. The summed E-state index contributed by atoms with van der Waals surface area (Å²) in [6, 6.07) is 4.49. The van der Waals surface area contributed by atoms with Crippen LogP contribution < -0.4 is 4.57 Å². The van der Waals surface area contributed by atoms with E-state index in [9.17, 15) is 0 Å². The molecule has 0 aliphatic carbocycles. The van der Waals surface area contributed by atoms with Crippen LogP contribution in [0.25, 0.3) is 0 Å². The van der Waals surface area contributed by atoms with Gasteiger partial charge in [0, 0.05) is 39.1 Å². The van der Waals surface area contributed by atoms with E-state index in [0.29, 0.717) is 0 Å². The standard InChI is InChI=1S/C13H23N2/c1-6-14(7-2)10-15-12(4)8-11(3)9-13(15)5/h8-9H,6-7,10H2,1-5H3/q+1. The smallest absolute Gasteiger partial charge is 0.205 e. The molecule has 84 valence electrons. The highest BCUT2D eigenvalue weighted by Crippen LogP contribution is 2.02. The van der Waals surface area contributed by atoms with Crippen molar-refractivity contribution < 1.29 is 4.57 Å². The Hall–Kier alpha value is -0.890. The molecule has 1 aromatic rings. The molecule has 0 radical (unpaired) electrons. The quantitative estimate of drug-likeness (QED) is 0.687. The van der Waals surface area contributed by atoms with Gasteiger partial charge in [0.2, 0.25) is 6.67 Å². The molecular weight excluding hydrogens is 184 g/mol. The Balaban J connectivity index is 2.94. The van der Waals surface area contributed by atoms with Crippen LogP contribution in [0.2, 0.25) is 0 Å². The molecule has 1 rings (SSSR count). The van der Waals surface area contributed by atoms with Crippen LogP contribution in [0.5, 0.6) is 0 Å². The predicted molar refractivity (Wildman–Crippen MR) is 63.8 cm³/mol. The van der Waals surface area contributed by atoms with E-state index in [-0.39, 0.29) is 0 Å². The molecule has 0 aliphatic heterocycles. The molecule has 0 spiro atoms. The number of hydrogen-bond acceptors (Lipinski definition) is 1. The second-order valence-electron chi connectivity index (χ2n) is 4.19. The summed E-state index contributed by atoms with van der Waals surface area (Å²) in [5.74, 6) is 0. The number of rotatable bonds is 4. The number of aromatic nitrogens is 1. The molecule has 0 amide bonds. The third-order valence-electron chi connectivity index (χ3n) is 2.96. The first kappa shape index (κ1) is 12.2. The molecule has 0 aromatic carbocycles. The first-order valence-corrected chi connectivity index (χ1v) is 5.78. The lowest BCUT2D eigenvalue weighted by Crippen LogP contribution is -2.48. The van der Waals surface area contributed by atoms with Gasteiger partial charge in [0.25, 0.3) is 0 Å². The van der Waals surface area contributed by atoms with Gasteiger partial charge in [-0.05, 0) is 12.5 Å². The Labute approximate surface area is 93.5 Å². The Morgan fingerprint density at radius 2 is 1.47 bits per heavy atom. The topological polar surface area (TPSA) is 7.12 Å². The Morgan fingerprint density at radius 3 is 1.87 bits per heavy atom. The minimum absolute atomic E-state index is 1.00. The van der Waals surface area contributed by atoms with Crippen LogP contribution in [0.3, 0.4) is 0 Å². The second-order valence-corrected chi connectivity index (χ2v) is 4.19. The van der Waals surface area contributed by atoms with Crippen LogP contribution in [0.15, 0.2) is 12.1 Å². The zero-order chi connectivity index (χ0) is 11.4. The Kier molecular flexibility index (Phi) is 4.28. The molecule has 0 unspecified atom stereocenters. The van der Waals surface area contributed by atoms with E-state index >= 15 is 0 Å². The Bertz CT molecular complexity index is 304. The molecular formula is C13H23N2+. The van der Waals surface area contributed by atoms with Gasteiger partial charge in [-0.1, -0.05) is 13.8 Å². The highest BCUT2D eigenvalue weighted by molar-refractivity contribution is 5.13. The van der Waals surface area contributed by atoms with Gasteiger partial charge in [-0.15, -0.1) is 0 Å². The van der Waals surface area contributed by atoms with Crippen molar-refractivity contribution in [2.45, 2.75) is 41.3 Å². The van der Waals surface area contributed by atoms with Crippen molar-refractivity contribution in [1.82, 2.24) is 4.90 Å². The fraction of sp³-hybridized carbons (Fsp3) is 0.615. The van der Waals surface area contributed by atoms with Crippen molar-refractivity contribution in [2.75, 3.05) is 13.1 Å². The number of pyridine rings is 1. The summed E-state index contributed by atoms with van der Waals surface area (Å²) < 4.78 is 2.38. The van der Waals surface area contributed by atoms with E-state index in [1.807, 2.05) is 0 Å². The fourth-order valence-electron chi connectivity index (χ4n) is 1.98. The average Bonchev–Trinajstić information content (AvgIpc) is 2.17. The first-order chi connectivity index (χ1) is 7.08. The van der Waals surface area contributed by atoms with Crippen molar-refractivity contribution in [3.63, 3.8) is 0 Å². The molecule has 0 N–H and O–H groups in total. The summed E-state index contributed by atoms with van der Waals surface area (Å²) in [7, 11) is 0. The number of hydrogen-bond donors (Lipinski definition) is 0. The lowest BCUT2D eigenvalue weighted by atomic mass is 10.2. The van der Waals surface area contributed by atoms with Gasteiger partial charge < -0.3 is 0 Å². The van der Waals surface area contributed by atoms with E-state index < -0.39 is 0 Å². The lowest BCUT2D eigenvalue weighted by molar-refractivity contribution is -0.726. The first-order valence-electron chi connectivity index (χ1n) is 5.78. The van der Waals surface area contributed by atoms with Gasteiger partial charge in [-0.3, -0.25) is 0 Å². The third kappa shape index (κ3) is 3.03. The van der Waals surface area contributed by atoms with Gasteiger partial charge in [0.1, 0.15) is 0 Å². The molecule has 0 saturated carbocycles. The van der Waals surface area contributed by atoms with Gasteiger partial charge in [0.15, 0.2) is 11.4 Å². The minimum atomic E-state index is 1.00. The van der Waals surface area contributed by atoms with Gasteiger partial charge >= 0.3 is 0 Å². The zero-order valence-corrected chi connectivity index (χ0v) is 10.7. The summed E-state index contributed by atoms with van der Waals surface area (Å²) in [6.07, 6.45) is 0. The van der Waals surface area contributed by atoms with Crippen LogP contribution in [0, 0.1) is 20.8 Å². The van der Waals surface area contributed by atoms with E-state index in [1.54, 1.807) is 0 Å². The fourth-order valence-corrected chi connectivity index (χ4v) is 1.98. The second kappa shape index (κ2) is 5.26. The molecule has 0 fully saturated rings. The summed E-state index contributed by atoms with van der Waals surface area (Å²) >= 11 is 0. The van der Waals surface area contributed by atoms with Crippen LogP contribution in [0.1, 0.15) is 30.8 Å². The van der Waals surface area contributed by atoms with Crippen molar-refractivity contribution >= 4 is 0 Å². The molecule has 0 aliphatic rings. The van der Waals surface area contributed by atoms with Crippen LogP contribution in [-0.2, 0) is 6.67 Å². The van der Waals surface area contributed by atoms with Crippen molar-refractivity contribution in [3.8, 4) is 0 Å². The van der Waals surface area contributed by atoms with Crippen molar-refractivity contribution in [2.24, 2.45) is 0 Å². The minimum Gasteiger partial charge on any atom is -0.248 e. The Morgan fingerprint density at radius 1 is 1.00 bits per heavy atom. The van der Waals surface area contributed by atoms with Gasteiger partial charge in [-0.2, -0.15) is 4.57 Å². The predicted octanol–water partition coefficient (Wildman–Crippen LogP) is 2.20. The van der Waals surface area contributed by atoms with Crippen LogP contribution in [0.4, 0.5) is 0 Å². The highest BCUT2D eigenvalue weighted by atomic mass is 15.2. The number of nitrogens with zero attached hydrogens (tertiary/aromatic N) is 2. The third-order valence-corrected chi connectivity index (χ3v) is 2.96. The van der Waals surface area contributed by atoms with Crippen LogP contribution in [-0.4, -0.2) is 18.0 Å².